The molecule has 3 heteroatoms. The zero-order valence-corrected chi connectivity index (χ0v) is 10.7. The second kappa shape index (κ2) is 4.63. The summed E-state index contributed by atoms with van der Waals surface area (Å²) in [6, 6.07) is 0. The van der Waals surface area contributed by atoms with Crippen molar-refractivity contribution >= 4 is 11.8 Å². The van der Waals surface area contributed by atoms with E-state index in [9.17, 15) is 9.59 Å². The van der Waals surface area contributed by atoms with Crippen molar-refractivity contribution in [2.75, 3.05) is 6.61 Å². The highest BCUT2D eigenvalue weighted by Crippen LogP contribution is 2.57. The van der Waals surface area contributed by atoms with Gasteiger partial charge in [-0.15, -0.1) is 0 Å². The Morgan fingerprint density at radius 3 is 2.41 bits per heavy atom. The van der Waals surface area contributed by atoms with E-state index in [-0.39, 0.29) is 11.8 Å². The minimum atomic E-state index is -0.886. The fraction of sp³-hybridized carbons (Fsp3) is 0.714. The van der Waals surface area contributed by atoms with Crippen LogP contribution in [0, 0.1) is 5.41 Å². The van der Waals surface area contributed by atoms with Crippen LogP contribution in [0.15, 0.2) is 11.1 Å². The predicted octanol–water partition coefficient (Wildman–Crippen LogP) is 2.79. The molecule has 3 nitrogen and oxygen atoms in total. The molecule has 0 aromatic rings. The molecule has 2 aliphatic rings. The minimum absolute atomic E-state index is 0.0518. The molecule has 2 saturated carbocycles. The van der Waals surface area contributed by atoms with Crippen molar-refractivity contribution in [3.05, 3.63) is 11.1 Å². The maximum absolute atomic E-state index is 11.9. The Balaban J connectivity index is 2.23. The first-order valence-corrected chi connectivity index (χ1v) is 6.52. The Morgan fingerprint density at radius 1 is 1.24 bits per heavy atom. The molecule has 0 bridgehead atoms. The Kier molecular flexibility index (Phi) is 3.36. The van der Waals surface area contributed by atoms with Gasteiger partial charge in [0.05, 0.1) is 6.61 Å². The molecular formula is C14H20O3. The lowest BCUT2D eigenvalue weighted by molar-refractivity contribution is -0.152. The number of esters is 1. The first-order chi connectivity index (χ1) is 8.13. The van der Waals surface area contributed by atoms with Crippen LogP contribution in [0.1, 0.15) is 52.4 Å². The Labute approximate surface area is 102 Å². The van der Waals surface area contributed by atoms with E-state index in [1.165, 1.54) is 31.8 Å². The van der Waals surface area contributed by atoms with Crippen LogP contribution < -0.4 is 0 Å². The number of Topliss-reactive ketones (excluding diaryl/α,β-unsaturated/α-hetero) is 1. The molecule has 0 N–H and O–H groups in total. The van der Waals surface area contributed by atoms with Crippen LogP contribution in [0.3, 0.4) is 0 Å². The number of carbonyl (C=O) groups excluding carboxylic acids is 2. The molecule has 2 fully saturated rings. The van der Waals surface area contributed by atoms with Gasteiger partial charge in [-0.3, -0.25) is 9.59 Å². The van der Waals surface area contributed by atoms with Gasteiger partial charge in [0.2, 0.25) is 0 Å². The number of ether oxygens (including phenoxy) is 1. The standard InChI is InChI=1S/C14H20O3/c1-3-17-13(16)14(10(2)15)9-12(14)11-7-5-4-6-8-11/h3-9H2,1-2H3. The molecule has 0 aromatic carbocycles. The Bertz CT molecular complexity index is 373. The third-order valence-corrected chi connectivity index (χ3v) is 3.94. The van der Waals surface area contributed by atoms with Crippen molar-refractivity contribution in [1.82, 2.24) is 0 Å². The molecule has 94 valence electrons. The van der Waals surface area contributed by atoms with Crippen molar-refractivity contribution in [3.63, 3.8) is 0 Å². The molecule has 17 heavy (non-hydrogen) atoms. The van der Waals surface area contributed by atoms with E-state index in [0.29, 0.717) is 13.0 Å². The zero-order chi connectivity index (χ0) is 12.5. The van der Waals surface area contributed by atoms with Crippen LogP contribution in [-0.4, -0.2) is 18.4 Å². The van der Waals surface area contributed by atoms with Gasteiger partial charge in [0.15, 0.2) is 11.2 Å². The molecule has 0 aliphatic heterocycles. The van der Waals surface area contributed by atoms with Crippen molar-refractivity contribution in [2.24, 2.45) is 5.41 Å². The van der Waals surface area contributed by atoms with Crippen LogP contribution in [-0.2, 0) is 14.3 Å². The quantitative estimate of drug-likeness (QED) is 0.430. The Morgan fingerprint density at radius 2 is 1.88 bits per heavy atom. The number of carbonyl (C=O) groups is 2. The second-order valence-electron chi connectivity index (χ2n) is 5.00. The van der Waals surface area contributed by atoms with E-state index >= 15 is 0 Å². The summed E-state index contributed by atoms with van der Waals surface area (Å²) < 4.78 is 5.06. The smallest absolute Gasteiger partial charge is 0.324 e. The molecule has 1 atom stereocenters. The number of hydrogen-bond acceptors (Lipinski definition) is 3. The molecule has 0 saturated heterocycles. The van der Waals surface area contributed by atoms with Gasteiger partial charge >= 0.3 is 5.97 Å². The number of hydrogen-bond donors (Lipinski definition) is 0. The fourth-order valence-corrected chi connectivity index (χ4v) is 2.86. The molecule has 1 unspecified atom stereocenters. The minimum Gasteiger partial charge on any atom is -0.465 e. The van der Waals surface area contributed by atoms with Crippen molar-refractivity contribution in [1.29, 1.82) is 0 Å². The van der Waals surface area contributed by atoms with Crippen LogP contribution in [0.5, 0.6) is 0 Å². The maximum atomic E-state index is 11.9. The highest BCUT2D eigenvalue weighted by molar-refractivity contribution is 6.11. The first-order valence-electron chi connectivity index (χ1n) is 6.52. The lowest BCUT2D eigenvalue weighted by Gasteiger charge is -2.15. The first kappa shape index (κ1) is 12.3. The predicted molar refractivity (Wildman–Crippen MR) is 64.5 cm³/mol. The van der Waals surface area contributed by atoms with Crippen LogP contribution in [0.4, 0.5) is 0 Å². The molecule has 0 heterocycles. The molecule has 2 aliphatic carbocycles. The van der Waals surface area contributed by atoms with Crippen LogP contribution >= 0.6 is 0 Å². The summed E-state index contributed by atoms with van der Waals surface area (Å²) in [5.74, 6) is -0.385. The highest BCUT2D eigenvalue weighted by Gasteiger charge is 2.61. The lowest BCUT2D eigenvalue weighted by Crippen LogP contribution is -2.26. The molecule has 0 spiro atoms. The summed E-state index contributed by atoms with van der Waals surface area (Å²) in [7, 11) is 0. The molecule has 2 rings (SSSR count). The van der Waals surface area contributed by atoms with E-state index in [2.05, 4.69) is 0 Å². The summed E-state index contributed by atoms with van der Waals surface area (Å²) in [4.78, 5) is 23.7. The van der Waals surface area contributed by atoms with Crippen LogP contribution in [0.2, 0.25) is 0 Å². The lowest BCUT2D eigenvalue weighted by atomic mass is 9.91. The third-order valence-electron chi connectivity index (χ3n) is 3.94. The summed E-state index contributed by atoms with van der Waals surface area (Å²) in [5.41, 5.74) is 1.53. The zero-order valence-electron chi connectivity index (χ0n) is 10.7. The third kappa shape index (κ3) is 2.03. The van der Waals surface area contributed by atoms with E-state index in [0.717, 1.165) is 18.4 Å². The summed E-state index contributed by atoms with van der Waals surface area (Å²) in [6.07, 6.45) is 6.37. The highest BCUT2D eigenvalue weighted by atomic mass is 16.5. The van der Waals surface area contributed by atoms with E-state index in [4.69, 9.17) is 4.74 Å². The van der Waals surface area contributed by atoms with E-state index in [1.807, 2.05) is 0 Å². The normalized spacial score (nSPS) is 27.9. The van der Waals surface area contributed by atoms with Crippen molar-refractivity contribution < 1.29 is 14.3 Å². The van der Waals surface area contributed by atoms with Gasteiger partial charge < -0.3 is 4.74 Å². The van der Waals surface area contributed by atoms with Gasteiger partial charge in [0, 0.05) is 0 Å². The number of ketones is 1. The van der Waals surface area contributed by atoms with Gasteiger partial charge in [-0.25, -0.2) is 0 Å². The molecule has 0 radical (unpaired) electrons. The van der Waals surface area contributed by atoms with Crippen LogP contribution in [0.25, 0.3) is 0 Å². The summed E-state index contributed by atoms with van der Waals surface area (Å²) >= 11 is 0. The van der Waals surface area contributed by atoms with E-state index < -0.39 is 5.41 Å². The fourth-order valence-electron chi connectivity index (χ4n) is 2.86. The second-order valence-corrected chi connectivity index (χ2v) is 5.00. The number of rotatable bonds is 3. The molecular weight excluding hydrogens is 216 g/mol. The molecule has 0 amide bonds. The van der Waals surface area contributed by atoms with Gasteiger partial charge in [-0.1, -0.05) is 12.0 Å². The van der Waals surface area contributed by atoms with Gasteiger partial charge in [-0.05, 0) is 51.5 Å². The monoisotopic (exact) mass is 236 g/mol. The number of allylic oxidation sites excluding steroid dienone is 1. The van der Waals surface area contributed by atoms with Gasteiger partial charge in [0.25, 0.3) is 0 Å². The Hall–Kier alpha value is -1.12. The largest absolute Gasteiger partial charge is 0.465 e. The van der Waals surface area contributed by atoms with Gasteiger partial charge in [0.1, 0.15) is 0 Å². The van der Waals surface area contributed by atoms with Crippen molar-refractivity contribution in [2.45, 2.75) is 52.4 Å². The van der Waals surface area contributed by atoms with Crippen molar-refractivity contribution in [3.8, 4) is 0 Å². The SMILES string of the molecule is CCOC(=O)C1(C(C)=O)CC1=C1CCCCC1. The summed E-state index contributed by atoms with van der Waals surface area (Å²) in [6.45, 7) is 3.63. The molecule has 0 aromatic heterocycles. The van der Waals surface area contributed by atoms with E-state index in [1.54, 1.807) is 6.92 Å². The average molecular weight is 236 g/mol. The summed E-state index contributed by atoms with van der Waals surface area (Å²) in [5, 5.41) is 0. The average Bonchev–Trinajstić information content (AvgIpc) is 3.07. The maximum Gasteiger partial charge on any atom is 0.324 e. The topological polar surface area (TPSA) is 43.4 Å². The van der Waals surface area contributed by atoms with Gasteiger partial charge in [-0.2, -0.15) is 0 Å².